The van der Waals surface area contributed by atoms with Crippen molar-refractivity contribution in [3.63, 3.8) is 0 Å². The Balaban J connectivity index is 2.24. The Labute approximate surface area is 92.6 Å². The second-order valence-corrected chi connectivity index (χ2v) is 4.05. The number of aromatic carboxylic acids is 1. The Hall–Kier alpha value is -1.22. The van der Waals surface area contributed by atoms with E-state index in [-0.39, 0.29) is 11.7 Å². The smallest absolute Gasteiger partial charge is 0.339 e. The highest BCUT2D eigenvalue weighted by atomic mass is 35.5. The van der Waals surface area contributed by atoms with Crippen LogP contribution in [0.15, 0.2) is 18.2 Å². The summed E-state index contributed by atoms with van der Waals surface area (Å²) in [5.41, 5.74) is 0.173. The summed E-state index contributed by atoms with van der Waals surface area (Å²) in [6.45, 7) is 0. The summed E-state index contributed by atoms with van der Waals surface area (Å²) in [5, 5.41) is 9.43. The number of hydrogen-bond acceptors (Lipinski definition) is 2. The molecule has 1 N–H and O–H groups in total. The molecule has 0 saturated heterocycles. The van der Waals surface area contributed by atoms with Gasteiger partial charge in [-0.1, -0.05) is 11.6 Å². The average molecular weight is 227 g/mol. The molecule has 0 atom stereocenters. The molecule has 1 aromatic carbocycles. The van der Waals surface area contributed by atoms with Crippen molar-refractivity contribution in [1.29, 1.82) is 0 Å². The fourth-order valence-corrected chi connectivity index (χ4v) is 1.60. The number of ether oxygens (including phenoxy) is 1. The first-order valence-electron chi connectivity index (χ1n) is 4.86. The molecule has 0 aromatic heterocycles. The largest absolute Gasteiger partial charge is 0.489 e. The number of carbonyl (C=O) groups is 1. The summed E-state index contributed by atoms with van der Waals surface area (Å²) in [7, 11) is 0. The molecule has 1 aromatic rings. The summed E-state index contributed by atoms with van der Waals surface area (Å²) in [6.07, 6.45) is 3.28. The maximum Gasteiger partial charge on any atom is 0.339 e. The second-order valence-electron chi connectivity index (χ2n) is 3.62. The zero-order valence-electron chi connectivity index (χ0n) is 8.07. The third kappa shape index (κ3) is 2.23. The highest BCUT2D eigenvalue weighted by Gasteiger charge is 2.22. The van der Waals surface area contributed by atoms with Crippen LogP contribution in [0.5, 0.6) is 5.75 Å². The third-order valence-corrected chi connectivity index (χ3v) is 2.75. The molecule has 1 aliphatic rings. The molecule has 4 heteroatoms. The molecule has 2 rings (SSSR count). The normalized spacial score (nSPS) is 15.8. The van der Waals surface area contributed by atoms with Gasteiger partial charge >= 0.3 is 5.97 Å². The van der Waals surface area contributed by atoms with Gasteiger partial charge in [0, 0.05) is 5.02 Å². The van der Waals surface area contributed by atoms with Crippen LogP contribution in [0.4, 0.5) is 0 Å². The van der Waals surface area contributed by atoms with E-state index in [1.165, 1.54) is 6.07 Å². The number of benzene rings is 1. The molecular formula is C11H11ClO3. The lowest BCUT2D eigenvalue weighted by Crippen LogP contribution is -2.25. The van der Waals surface area contributed by atoms with Crippen LogP contribution in [0.25, 0.3) is 0 Å². The Morgan fingerprint density at radius 3 is 2.73 bits per heavy atom. The maximum absolute atomic E-state index is 10.9. The van der Waals surface area contributed by atoms with Crippen LogP contribution in [0.1, 0.15) is 29.6 Å². The topological polar surface area (TPSA) is 46.5 Å². The van der Waals surface area contributed by atoms with Crippen molar-refractivity contribution in [1.82, 2.24) is 0 Å². The molecule has 0 radical (unpaired) electrons. The molecule has 0 heterocycles. The SMILES string of the molecule is O=C(O)c1ccc(Cl)cc1OC1CCC1. The van der Waals surface area contributed by atoms with E-state index in [2.05, 4.69) is 0 Å². The molecular weight excluding hydrogens is 216 g/mol. The zero-order chi connectivity index (χ0) is 10.8. The lowest BCUT2D eigenvalue weighted by atomic mass is 9.96. The highest BCUT2D eigenvalue weighted by molar-refractivity contribution is 6.30. The van der Waals surface area contributed by atoms with Crippen molar-refractivity contribution in [3.05, 3.63) is 28.8 Å². The molecule has 0 bridgehead atoms. The molecule has 80 valence electrons. The van der Waals surface area contributed by atoms with Gasteiger partial charge in [0.2, 0.25) is 0 Å². The van der Waals surface area contributed by atoms with Crippen LogP contribution in [-0.2, 0) is 0 Å². The maximum atomic E-state index is 10.9. The minimum absolute atomic E-state index is 0.154. The molecule has 3 nitrogen and oxygen atoms in total. The molecule has 1 saturated carbocycles. The van der Waals surface area contributed by atoms with Crippen molar-refractivity contribution < 1.29 is 14.6 Å². The van der Waals surface area contributed by atoms with Gasteiger partial charge < -0.3 is 9.84 Å². The first-order chi connectivity index (χ1) is 7.16. The summed E-state index contributed by atoms with van der Waals surface area (Å²) in [5.74, 6) is -0.610. The molecule has 0 amide bonds. The Morgan fingerprint density at radius 1 is 1.47 bits per heavy atom. The lowest BCUT2D eigenvalue weighted by Gasteiger charge is -2.27. The predicted octanol–water partition coefficient (Wildman–Crippen LogP) is 2.97. The Bertz CT molecular complexity index is 385. The molecule has 1 aliphatic carbocycles. The van der Waals surface area contributed by atoms with Crippen molar-refractivity contribution >= 4 is 17.6 Å². The van der Waals surface area contributed by atoms with Crippen LogP contribution in [-0.4, -0.2) is 17.2 Å². The van der Waals surface area contributed by atoms with E-state index in [4.69, 9.17) is 21.4 Å². The number of halogens is 1. The highest BCUT2D eigenvalue weighted by Crippen LogP contribution is 2.29. The van der Waals surface area contributed by atoms with Crippen LogP contribution in [0.3, 0.4) is 0 Å². The fraction of sp³-hybridized carbons (Fsp3) is 0.364. The average Bonchev–Trinajstić information content (AvgIpc) is 2.11. The summed E-state index contributed by atoms with van der Waals surface area (Å²) >= 11 is 5.79. The number of carboxylic acid groups (broad SMARTS) is 1. The Morgan fingerprint density at radius 2 is 2.20 bits per heavy atom. The van der Waals surface area contributed by atoms with Gasteiger partial charge in [-0.05, 0) is 37.5 Å². The third-order valence-electron chi connectivity index (χ3n) is 2.52. The number of rotatable bonds is 3. The van der Waals surface area contributed by atoms with Gasteiger partial charge in [-0.15, -0.1) is 0 Å². The standard InChI is InChI=1S/C11H11ClO3/c12-7-4-5-9(11(13)14)10(6-7)15-8-2-1-3-8/h4-6,8H,1-3H2,(H,13,14). The lowest BCUT2D eigenvalue weighted by molar-refractivity contribution is 0.0680. The molecule has 0 spiro atoms. The minimum Gasteiger partial charge on any atom is -0.489 e. The van der Waals surface area contributed by atoms with Gasteiger partial charge in [-0.25, -0.2) is 4.79 Å². The summed E-state index contributed by atoms with van der Waals surface area (Å²) < 4.78 is 5.56. The van der Waals surface area contributed by atoms with E-state index in [1.54, 1.807) is 12.1 Å². The van der Waals surface area contributed by atoms with Crippen molar-refractivity contribution in [2.45, 2.75) is 25.4 Å². The summed E-state index contributed by atoms with van der Waals surface area (Å²) in [4.78, 5) is 10.9. The molecule has 0 aliphatic heterocycles. The molecule has 15 heavy (non-hydrogen) atoms. The van der Waals surface area contributed by atoms with Gasteiger partial charge in [0.25, 0.3) is 0 Å². The second kappa shape index (κ2) is 4.11. The predicted molar refractivity (Wildman–Crippen MR) is 56.7 cm³/mol. The monoisotopic (exact) mass is 226 g/mol. The summed E-state index contributed by atoms with van der Waals surface area (Å²) in [6, 6.07) is 4.58. The fourth-order valence-electron chi connectivity index (χ4n) is 1.44. The van der Waals surface area contributed by atoms with E-state index in [0.29, 0.717) is 10.8 Å². The Kier molecular flexibility index (Phi) is 2.82. The van der Waals surface area contributed by atoms with Gasteiger partial charge in [0.1, 0.15) is 11.3 Å². The van der Waals surface area contributed by atoms with E-state index >= 15 is 0 Å². The first kappa shape index (κ1) is 10.3. The van der Waals surface area contributed by atoms with E-state index in [1.807, 2.05) is 0 Å². The minimum atomic E-state index is -0.985. The van der Waals surface area contributed by atoms with Gasteiger partial charge in [-0.3, -0.25) is 0 Å². The molecule has 1 fully saturated rings. The van der Waals surface area contributed by atoms with Crippen molar-refractivity contribution in [2.75, 3.05) is 0 Å². The zero-order valence-corrected chi connectivity index (χ0v) is 8.83. The van der Waals surface area contributed by atoms with E-state index in [0.717, 1.165) is 19.3 Å². The van der Waals surface area contributed by atoms with E-state index < -0.39 is 5.97 Å². The van der Waals surface area contributed by atoms with Crippen LogP contribution >= 0.6 is 11.6 Å². The first-order valence-corrected chi connectivity index (χ1v) is 5.24. The van der Waals surface area contributed by atoms with Crippen molar-refractivity contribution in [3.8, 4) is 5.75 Å². The van der Waals surface area contributed by atoms with Crippen molar-refractivity contribution in [2.24, 2.45) is 0 Å². The number of carboxylic acids is 1. The van der Waals surface area contributed by atoms with Crippen LogP contribution in [0.2, 0.25) is 5.02 Å². The number of hydrogen-bond donors (Lipinski definition) is 1. The quantitative estimate of drug-likeness (QED) is 0.862. The van der Waals surface area contributed by atoms with Gasteiger partial charge in [0.05, 0.1) is 6.10 Å². The molecule has 0 unspecified atom stereocenters. The van der Waals surface area contributed by atoms with Crippen LogP contribution in [0, 0.1) is 0 Å². The van der Waals surface area contributed by atoms with Gasteiger partial charge in [-0.2, -0.15) is 0 Å². The van der Waals surface area contributed by atoms with Crippen LogP contribution < -0.4 is 4.74 Å². The van der Waals surface area contributed by atoms with E-state index in [9.17, 15) is 4.79 Å². The van der Waals surface area contributed by atoms with Gasteiger partial charge in [0.15, 0.2) is 0 Å².